The van der Waals surface area contributed by atoms with Crippen molar-refractivity contribution in [2.45, 2.75) is 0 Å². The molecule has 9 heteroatoms. The number of ketones is 1. The van der Waals surface area contributed by atoms with Gasteiger partial charge in [0.15, 0.2) is 11.4 Å². The van der Waals surface area contributed by atoms with Gasteiger partial charge in [-0.05, 0) is 30.3 Å². The number of terminal acetylenes is 1. The van der Waals surface area contributed by atoms with Crippen molar-refractivity contribution in [3.8, 4) is 23.6 Å². The van der Waals surface area contributed by atoms with E-state index in [1.54, 1.807) is 59.5 Å². The Balaban J connectivity index is 1.81. The Bertz CT molecular complexity index is 1420. The average molecular weight is 431 g/mol. The monoisotopic (exact) mass is 431 g/mol. The van der Waals surface area contributed by atoms with Crippen molar-refractivity contribution in [2.24, 2.45) is 0 Å². The molecule has 8 nitrogen and oxygen atoms in total. The van der Waals surface area contributed by atoms with Crippen molar-refractivity contribution in [1.82, 2.24) is 19.6 Å². The third-order valence-corrected chi connectivity index (χ3v) is 5.79. The van der Waals surface area contributed by atoms with Crippen LogP contribution >= 0.6 is 0 Å². The fourth-order valence-corrected chi connectivity index (χ4v) is 4.04. The number of fused-ring (bicyclic) bond motifs is 1. The number of carbonyl (C=O) groups is 1. The molecule has 0 aliphatic rings. The molecule has 0 aliphatic carbocycles. The van der Waals surface area contributed by atoms with Crippen LogP contribution in [0.4, 0.5) is 5.69 Å². The van der Waals surface area contributed by atoms with Gasteiger partial charge < -0.3 is 0 Å². The summed E-state index contributed by atoms with van der Waals surface area (Å²) in [6.07, 6.45) is 12.6. The zero-order valence-electron chi connectivity index (χ0n) is 16.5. The molecule has 0 saturated heterocycles. The fraction of sp³-hybridized carbons (Fsp3) is 0.0909. The standard InChI is InChI=1S/C22H17N5O3S/c1-3-13-26(31(2,29)30)18-6-4-5-17(14-18)20-9-12-24-22-19(15-25-27(20)22)21(28)16-7-10-23-11-8-16/h1,4-12,14-15H,13H2,2H3. The Kier molecular flexibility index (Phi) is 5.23. The minimum absolute atomic E-state index is 0.0829. The fourth-order valence-electron chi connectivity index (χ4n) is 3.23. The molecular weight excluding hydrogens is 414 g/mol. The number of nitrogens with zero attached hydrogens (tertiary/aromatic N) is 5. The Labute approximate surface area is 179 Å². The number of aromatic nitrogens is 4. The van der Waals surface area contributed by atoms with Crippen molar-refractivity contribution in [3.63, 3.8) is 0 Å². The van der Waals surface area contributed by atoms with Crippen LogP contribution in [0.15, 0.2) is 67.3 Å². The second-order valence-electron chi connectivity index (χ2n) is 6.71. The van der Waals surface area contributed by atoms with E-state index >= 15 is 0 Å². The summed E-state index contributed by atoms with van der Waals surface area (Å²) < 4.78 is 27.0. The lowest BCUT2D eigenvalue weighted by molar-refractivity contribution is 0.104. The number of hydrogen-bond acceptors (Lipinski definition) is 6. The molecule has 3 heterocycles. The molecule has 0 radical (unpaired) electrons. The molecule has 3 aromatic heterocycles. The highest BCUT2D eigenvalue weighted by Crippen LogP contribution is 2.27. The largest absolute Gasteiger partial charge is 0.288 e. The number of benzene rings is 1. The SMILES string of the molecule is C#CCN(c1cccc(-c2ccnc3c(C(=O)c4ccncc4)cnn23)c1)S(C)(=O)=O. The first-order chi connectivity index (χ1) is 14.9. The van der Waals surface area contributed by atoms with E-state index in [-0.39, 0.29) is 12.3 Å². The summed E-state index contributed by atoms with van der Waals surface area (Å²) in [7, 11) is -3.55. The lowest BCUT2D eigenvalue weighted by Crippen LogP contribution is -2.30. The third kappa shape index (κ3) is 3.89. The van der Waals surface area contributed by atoms with Gasteiger partial charge in [0.05, 0.1) is 35.9 Å². The molecule has 4 aromatic rings. The smallest absolute Gasteiger partial charge is 0.233 e. The van der Waals surface area contributed by atoms with Gasteiger partial charge in [0.2, 0.25) is 10.0 Å². The molecule has 4 rings (SSSR count). The van der Waals surface area contributed by atoms with E-state index in [1.165, 1.54) is 6.20 Å². The van der Waals surface area contributed by atoms with Crippen LogP contribution < -0.4 is 4.31 Å². The summed E-state index contributed by atoms with van der Waals surface area (Å²) in [5.41, 5.74) is 3.01. The molecule has 0 N–H and O–H groups in total. The Morgan fingerprint density at radius 2 is 1.94 bits per heavy atom. The highest BCUT2D eigenvalue weighted by atomic mass is 32.2. The molecule has 0 bridgehead atoms. The minimum Gasteiger partial charge on any atom is -0.288 e. The molecule has 0 aliphatic heterocycles. The van der Waals surface area contributed by atoms with Gasteiger partial charge >= 0.3 is 0 Å². The van der Waals surface area contributed by atoms with Crippen molar-refractivity contribution in [2.75, 3.05) is 17.1 Å². The number of carbonyl (C=O) groups excluding carboxylic acids is 1. The Morgan fingerprint density at radius 3 is 2.65 bits per heavy atom. The van der Waals surface area contributed by atoms with Gasteiger partial charge in [-0.15, -0.1) is 6.42 Å². The van der Waals surface area contributed by atoms with E-state index in [9.17, 15) is 13.2 Å². The Morgan fingerprint density at radius 1 is 1.16 bits per heavy atom. The van der Waals surface area contributed by atoms with E-state index in [2.05, 4.69) is 21.0 Å². The van der Waals surface area contributed by atoms with E-state index in [1.807, 2.05) is 6.07 Å². The van der Waals surface area contributed by atoms with Gasteiger partial charge in [0, 0.05) is 29.7 Å². The summed E-state index contributed by atoms with van der Waals surface area (Å²) in [5, 5.41) is 4.35. The van der Waals surface area contributed by atoms with Gasteiger partial charge in [-0.1, -0.05) is 18.1 Å². The molecule has 0 unspecified atom stereocenters. The zero-order chi connectivity index (χ0) is 22.0. The number of sulfonamides is 1. The normalized spacial score (nSPS) is 11.2. The van der Waals surface area contributed by atoms with Crippen molar-refractivity contribution in [3.05, 3.63) is 78.4 Å². The van der Waals surface area contributed by atoms with Crippen LogP contribution in [0, 0.1) is 12.3 Å². The second-order valence-corrected chi connectivity index (χ2v) is 8.62. The maximum Gasteiger partial charge on any atom is 0.233 e. The summed E-state index contributed by atoms with van der Waals surface area (Å²) >= 11 is 0. The summed E-state index contributed by atoms with van der Waals surface area (Å²) in [6.45, 7) is -0.0829. The maximum atomic E-state index is 12.9. The average Bonchev–Trinajstić information content (AvgIpc) is 3.21. The van der Waals surface area contributed by atoms with E-state index in [0.717, 1.165) is 10.6 Å². The Hall–Kier alpha value is -4.03. The van der Waals surface area contributed by atoms with Crippen LogP contribution in [0.3, 0.4) is 0 Å². The van der Waals surface area contributed by atoms with Crippen LogP contribution in [0.1, 0.15) is 15.9 Å². The van der Waals surface area contributed by atoms with Crippen LogP contribution in [-0.4, -0.2) is 46.6 Å². The minimum atomic E-state index is -3.55. The quantitative estimate of drug-likeness (QED) is 0.344. The summed E-state index contributed by atoms with van der Waals surface area (Å²) in [5.74, 6) is 2.16. The first-order valence-electron chi connectivity index (χ1n) is 9.19. The lowest BCUT2D eigenvalue weighted by atomic mass is 10.1. The number of anilines is 1. The van der Waals surface area contributed by atoms with Crippen molar-refractivity contribution >= 4 is 27.1 Å². The predicted octanol–water partition coefficient (Wildman–Crippen LogP) is 2.42. The van der Waals surface area contributed by atoms with Gasteiger partial charge in [0.1, 0.15) is 0 Å². The molecule has 0 atom stereocenters. The highest BCUT2D eigenvalue weighted by Gasteiger charge is 2.20. The van der Waals surface area contributed by atoms with Gasteiger partial charge in [-0.2, -0.15) is 5.10 Å². The third-order valence-electron chi connectivity index (χ3n) is 4.65. The molecular formula is C22H17N5O3S. The predicted molar refractivity (Wildman–Crippen MR) is 117 cm³/mol. The lowest BCUT2D eigenvalue weighted by Gasteiger charge is -2.20. The first kappa shape index (κ1) is 20.3. The van der Waals surface area contributed by atoms with E-state index in [0.29, 0.717) is 33.7 Å². The van der Waals surface area contributed by atoms with Gasteiger partial charge in [0.25, 0.3) is 0 Å². The van der Waals surface area contributed by atoms with Gasteiger partial charge in [-0.3, -0.25) is 14.1 Å². The summed E-state index contributed by atoms with van der Waals surface area (Å²) in [6, 6.07) is 11.9. The van der Waals surface area contributed by atoms with Crippen LogP contribution in [0.25, 0.3) is 16.9 Å². The number of pyridine rings is 1. The molecule has 0 spiro atoms. The first-order valence-corrected chi connectivity index (χ1v) is 11.0. The molecule has 1 aromatic carbocycles. The van der Waals surface area contributed by atoms with Crippen molar-refractivity contribution in [1.29, 1.82) is 0 Å². The second kappa shape index (κ2) is 8.01. The number of rotatable bonds is 6. The maximum absolute atomic E-state index is 12.9. The van der Waals surface area contributed by atoms with E-state index < -0.39 is 10.0 Å². The zero-order valence-corrected chi connectivity index (χ0v) is 17.3. The van der Waals surface area contributed by atoms with Crippen LogP contribution in [-0.2, 0) is 10.0 Å². The topological polar surface area (TPSA) is 97.5 Å². The molecule has 0 amide bonds. The molecule has 0 fully saturated rings. The van der Waals surface area contributed by atoms with Crippen LogP contribution in [0.2, 0.25) is 0 Å². The van der Waals surface area contributed by atoms with E-state index in [4.69, 9.17) is 6.42 Å². The number of hydrogen-bond donors (Lipinski definition) is 0. The van der Waals surface area contributed by atoms with Crippen molar-refractivity contribution < 1.29 is 13.2 Å². The summed E-state index contributed by atoms with van der Waals surface area (Å²) in [4.78, 5) is 21.1. The molecule has 31 heavy (non-hydrogen) atoms. The molecule has 154 valence electrons. The van der Waals surface area contributed by atoms with Gasteiger partial charge in [-0.25, -0.2) is 17.9 Å². The van der Waals surface area contributed by atoms with Crippen LogP contribution in [0.5, 0.6) is 0 Å². The highest BCUT2D eigenvalue weighted by molar-refractivity contribution is 7.92. The molecule has 0 saturated carbocycles.